The number of anilines is 1. The molecule has 1 heterocycles. The molecule has 7 heteroatoms. The van der Waals surface area contributed by atoms with Crippen LogP contribution in [0.3, 0.4) is 0 Å². The maximum atomic E-state index is 12.2. The summed E-state index contributed by atoms with van der Waals surface area (Å²) in [5.41, 5.74) is 2.50. The lowest BCUT2D eigenvalue weighted by atomic mass is 10.2. The summed E-state index contributed by atoms with van der Waals surface area (Å²) in [6, 6.07) is 16.5. The number of ether oxygens (including phenoxy) is 1. The SMILES string of the molecule is N#CCc1ccc(OCC(=O)NCc2cccc(NC(=O)N3CCCC3)c2)cc1. The number of nitrogens with one attached hydrogen (secondary N) is 2. The smallest absolute Gasteiger partial charge is 0.321 e. The normalized spacial score (nSPS) is 12.9. The molecular weight excluding hydrogens is 368 g/mol. The van der Waals surface area contributed by atoms with Crippen molar-refractivity contribution in [2.75, 3.05) is 25.0 Å². The number of carbonyl (C=O) groups is 2. The highest BCUT2D eigenvalue weighted by molar-refractivity contribution is 5.89. The largest absolute Gasteiger partial charge is 0.484 e. The molecule has 1 fully saturated rings. The molecule has 3 rings (SSSR count). The van der Waals surface area contributed by atoms with Crippen LogP contribution in [0, 0.1) is 11.3 Å². The maximum Gasteiger partial charge on any atom is 0.321 e. The number of urea groups is 1. The van der Waals surface area contributed by atoms with Gasteiger partial charge < -0.3 is 20.3 Å². The van der Waals surface area contributed by atoms with Crippen LogP contribution in [0.2, 0.25) is 0 Å². The molecule has 2 aromatic rings. The molecule has 0 aromatic heterocycles. The van der Waals surface area contributed by atoms with Crippen LogP contribution in [0.5, 0.6) is 5.75 Å². The van der Waals surface area contributed by atoms with E-state index in [2.05, 4.69) is 16.7 Å². The first kappa shape index (κ1) is 20.2. The zero-order chi connectivity index (χ0) is 20.5. The van der Waals surface area contributed by atoms with E-state index in [1.54, 1.807) is 29.2 Å². The second-order valence-corrected chi connectivity index (χ2v) is 6.87. The highest BCUT2D eigenvalue weighted by Crippen LogP contribution is 2.15. The van der Waals surface area contributed by atoms with Crippen LogP contribution in [0.4, 0.5) is 10.5 Å². The molecule has 3 amide bonds. The van der Waals surface area contributed by atoms with E-state index in [1.165, 1.54) is 0 Å². The molecule has 29 heavy (non-hydrogen) atoms. The molecule has 0 unspecified atom stereocenters. The number of hydrogen-bond acceptors (Lipinski definition) is 4. The first-order valence-electron chi connectivity index (χ1n) is 9.64. The Hall–Kier alpha value is -3.53. The molecule has 0 bridgehead atoms. The van der Waals surface area contributed by atoms with Crippen molar-refractivity contribution in [1.82, 2.24) is 10.2 Å². The monoisotopic (exact) mass is 392 g/mol. The molecule has 2 N–H and O–H groups in total. The zero-order valence-corrected chi connectivity index (χ0v) is 16.2. The van der Waals surface area contributed by atoms with Crippen LogP contribution >= 0.6 is 0 Å². The van der Waals surface area contributed by atoms with Crippen LogP contribution in [-0.2, 0) is 17.8 Å². The Morgan fingerprint density at radius 2 is 1.83 bits per heavy atom. The van der Waals surface area contributed by atoms with Gasteiger partial charge in [-0.25, -0.2) is 4.79 Å². The van der Waals surface area contributed by atoms with Gasteiger partial charge in [0.2, 0.25) is 0 Å². The fourth-order valence-corrected chi connectivity index (χ4v) is 3.08. The van der Waals surface area contributed by atoms with E-state index in [1.807, 2.05) is 24.3 Å². The molecule has 1 saturated heterocycles. The van der Waals surface area contributed by atoms with Gasteiger partial charge in [-0.05, 0) is 48.2 Å². The van der Waals surface area contributed by atoms with E-state index in [0.29, 0.717) is 24.4 Å². The predicted octanol–water partition coefficient (Wildman–Crippen LogP) is 3.08. The van der Waals surface area contributed by atoms with Crippen molar-refractivity contribution in [3.63, 3.8) is 0 Å². The second kappa shape index (κ2) is 10.1. The van der Waals surface area contributed by atoms with Gasteiger partial charge in [0.25, 0.3) is 5.91 Å². The van der Waals surface area contributed by atoms with Crippen molar-refractivity contribution >= 4 is 17.6 Å². The van der Waals surface area contributed by atoms with Crippen molar-refractivity contribution < 1.29 is 14.3 Å². The molecule has 0 saturated carbocycles. The average molecular weight is 392 g/mol. The summed E-state index contributed by atoms with van der Waals surface area (Å²) in [6.07, 6.45) is 2.44. The van der Waals surface area contributed by atoms with Crippen LogP contribution < -0.4 is 15.4 Å². The summed E-state index contributed by atoms with van der Waals surface area (Å²) in [7, 11) is 0. The molecule has 1 aliphatic rings. The highest BCUT2D eigenvalue weighted by Gasteiger charge is 2.17. The maximum absolute atomic E-state index is 12.2. The Kier molecular flexibility index (Phi) is 7.06. The number of nitriles is 1. The van der Waals surface area contributed by atoms with E-state index in [0.717, 1.165) is 37.1 Å². The molecular formula is C22H24N4O3. The quantitative estimate of drug-likeness (QED) is 0.757. The van der Waals surface area contributed by atoms with Gasteiger partial charge in [-0.2, -0.15) is 5.26 Å². The second-order valence-electron chi connectivity index (χ2n) is 6.87. The fraction of sp³-hybridized carbons (Fsp3) is 0.318. The molecule has 0 spiro atoms. The Labute approximate surface area is 170 Å². The minimum Gasteiger partial charge on any atom is -0.484 e. The number of likely N-dealkylation sites (tertiary alicyclic amines) is 1. The van der Waals surface area contributed by atoms with Crippen LogP contribution in [0.15, 0.2) is 48.5 Å². The first-order chi connectivity index (χ1) is 14.1. The number of hydrogen-bond donors (Lipinski definition) is 2. The van der Waals surface area contributed by atoms with Gasteiger partial charge in [0.1, 0.15) is 5.75 Å². The summed E-state index contributed by atoms with van der Waals surface area (Å²) < 4.78 is 5.47. The molecule has 0 radical (unpaired) electrons. The van der Waals surface area contributed by atoms with Crippen molar-refractivity contribution in [1.29, 1.82) is 5.26 Å². The minimum atomic E-state index is -0.238. The third-order valence-corrected chi connectivity index (χ3v) is 4.64. The number of benzene rings is 2. The average Bonchev–Trinajstić information content (AvgIpc) is 3.27. The van der Waals surface area contributed by atoms with Crippen LogP contribution in [-0.4, -0.2) is 36.5 Å². The predicted molar refractivity (Wildman–Crippen MR) is 109 cm³/mol. The van der Waals surface area contributed by atoms with Gasteiger partial charge >= 0.3 is 6.03 Å². The van der Waals surface area contributed by atoms with Gasteiger partial charge in [0, 0.05) is 25.3 Å². The summed E-state index contributed by atoms with van der Waals surface area (Å²) in [5, 5.41) is 14.4. The molecule has 2 aromatic carbocycles. The van der Waals surface area contributed by atoms with E-state index >= 15 is 0 Å². The van der Waals surface area contributed by atoms with Gasteiger partial charge in [0.05, 0.1) is 12.5 Å². The Morgan fingerprint density at radius 1 is 1.07 bits per heavy atom. The van der Waals surface area contributed by atoms with Gasteiger partial charge in [0.15, 0.2) is 6.61 Å². The number of carbonyl (C=O) groups excluding carboxylic acids is 2. The van der Waals surface area contributed by atoms with Gasteiger partial charge in [-0.1, -0.05) is 24.3 Å². The van der Waals surface area contributed by atoms with E-state index in [-0.39, 0.29) is 18.5 Å². The summed E-state index contributed by atoms with van der Waals surface area (Å²) >= 11 is 0. The summed E-state index contributed by atoms with van der Waals surface area (Å²) in [5.74, 6) is 0.339. The third kappa shape index (κ3) is 6.25. The molecule has 150 valence electrons. The Balaban J connectivity index is 1.43. The standard InChI is InChI=1S/C22H24N4O3/c23-11-10-17-6-8-20(9-7-17)29-16-21(27)24-15-18-4-3-5-19(14-18)25-22(28)26-12-1-2-13-26/h3-9,14H,1-2,10,12-13,15-16H2,(H,24,27)(H,25,28). The topological polar surface area (TPSA) is 94.5 Å². The molecule has 7 nitrogen and oxygen atoms in total. The van der Waals surface area contributed by atoms with Crippen molar-refractivity contribution in [2.45, 2.75) is 25.8 Å². The van der Waals surface area contributed by atoms with E-state index < -0.39 is 0 Å². The number of nitrogens with zero attached hydrogens (tertiary/aromatic N) is 2. The Bertz CT molecular complexity index is 884. The fourth-order valence-electron chi connectivity index (χ4n) is 3.08. The third-order valence-electron chi connectivity index (χ3n) is 4.64. The molecule has 0 atom stereocenters. The van der Waals surface area contributed by atoms with Crippen molar-refractivity contribution in [2.24, 2.45) is 0 Å². The number of rotatable bonds is 7. The number of amides is 3. The lowest BCUT2D eigenvalue weighted by Crippen LogP contribution is -2.32. The summed E-state index contributed by atoms with van der Waals surface area (Å²) in [6.45, 7) is 1.84. The first-order valence-corrected chi connectivity index (χ1v) is 9.64. The zero-order valence-electron chi connectivity index (χ0n) is 16.2. The van der Waals surface area contributed by atoms with Crippen molar-refractivity contribution in [3.05, 3.63) is 59.7 Å². The van der Waals surface area contributed by atoms with Gasteiger partial charge in [-0.15, -0.1) is 0 Å². The molecule has 0 aliphatic carbocycles. The lowest BCUT2D eigenvalue weighted by Gasteiger charge is -2.16. The summed E-state index contributed by atoms with van der Waals surface area (Å²) in [4.78, 5) is 26.0. The Morgan fingerprint density at radius 3 is 2.55 bits per heavy atom. The lowest BCUT2D eigenvalue weighted by molar-refractivity contribution is -0.123. The minimum absolute atomic E-state index is 0.0853. The van der Waals surface area contributed by atoms with Crippen LogP contribution in [0.1, 0.15) is 24.0 Å². The van der Waals surface area contributed by atoms with Crippen LogP contribution in [0.25, 0.3) is 0 Å². The van der Waals surface area contributed by atoms with E-state index in [4.69, 9.17) is 10.00 Å². The van der Waals surface area contributed by atoms with Gasteiger partial charge in [-0.3, -0.25) is 4.79 Å². The van der Waals surface area contributed by atoms with E-state index in [9.17, 15) is 9.59 Å². The molecule has 1 aliphatic heterocycles. The highest BCUT2D eigenvalue weighted by atomic mass is 16.5. The van der Waals surface area contributed by atoms with Crippen molar-refractivity contribution in [3.8, 4) is 11.8 Å².